The zero-order valence-corrected chi connectivity index (χ0v) is 38.3. The predicted octanol–water partition coefficient (Wildman–Crippen LogP) is 7.82. The van der Waals surface area contributed by atoms with Crippen LogP contribution in [0.4, 0.5) is 30.2 Å². The van der Waals surface area contributed by atoms with Crippen LogP contribution in [0.5, 0.6) is 28.7 Å². The first kappa shape index (κ1) is 47.8. The first-order chi connectivity index (χ1) is 33.0. The van der Waals surface area contributed by atoms with E-state index in [-0.39, 0.29) is 48.6 Å². The summed E-state index contributed by atoms with van der Waals surface area (Å²) in [5.74, 6) is -0.341. The summed E-state index contributed by atoms with van der Waals surface area (Å²) in [7, 11) is 2.95. The second kappa shape index (κ2) is 19.9. The lowest BCUT2D eigenvalue weighted by Gasteiger charge is -2.19. The molecule has 8 rings (SSSR count). The van der Waals surface area contributed by atoms with Gasteiger partial charge in [-0.2, -0.15) is 0 Å². The number of carbonyl (C=O) groups excluding carboxylic acids is 4. The van der Waals surface area contributed by atoms with Gasteiger partial charge in [0.05, 0.1) is 68.1 Å². The molecule has 0 saturated heterocycles. The highest BCUT2D eigenvalue weighted by Crippen LogP contribution is 2.42. The molecule has 69 heavy (non-hydrogen) atoms. The largest absolute Gasteiger partial charge is 0.573 e. The lowest BCUT2D eigenvalue weighted by molar-refractivity contribution is -0.274. The van der Waals surface area contributed by atoms with Gasteiger partial charge in [-0.05, 0) is 71.5 Å². The number of carbonyl (C=O) groups is 4. The summed E-state index contributed by atoms with van der Waals surface area (Å²) in [4.78, 5) is 65.3. The molecule has 4 aromatic carbocycles. The zero-order chi connectivity index (χ0) is 49.1. The van der Waals surface area contributed by atoms with E-state index in [0.717, 1.165) is 16.7 Å². The zero-order valence-electron chi connectivity index (χ0n) is 38.3. The molecule has 0 unspecified atom stereocenters. The number of nitrogens with one attached hydrogen (secondary N) is 2. The standard InChI is InChI=1S/C50H50F3N7O9/c1-27(2)45(54)47(62)57-28(3)46(61)58-33-11-7-29(8-12-33)31-17-34-23-55-39-21-43(41(65-4)19-37(39)48(63)59(34)25-31)67-15-6-16-68-44-22-40-38(20-42(44)66-5)49(64)60-26-32(18-35(60)24-56-40)30-9-13-36(14-10-30)69-50(51,52)53/h7-14,19-28,34-35,45H,6,15-18,54H2,1-5H3,(H,57,62)(H,58,61)/t28-,34-,35-,45-/m0/s1. The Hall–Kier alpha value is -7.67. The minimum atomic E-state index is -4.80. The number of rotatable bonds is 16. The van der Waals surface area contributed by atoms with Gasteiger partial charge in [0.25, 0.3) is 11.8 Å². The molecule has 360 valence electrons. The van der Waals surface area contributed by atoms with E-state index < -0.39 is 30.4 Å². The molecular formula is C50H50F3N7O9. The molecule has 4 aromatic rings. The van der Waals surface area contributed by atoms with Gasteiger partial charge in [0.1, 0.15) is 11.8 Å². The highest BCUT2D eigenvalue weighted by Gasteiger charge is 2.36. The first-order valence-corrected chi connectivity index (χ1v) is 22.2. The number of benzene rings is 4. The third kappa shape index (κ3) is 10.6. The Morgan fingerprint density at radius 2 is 1.20 bits per heavy atom. The monoisotopic (exact) mass is 949 g/mol. The van der Waals surface area contributed by atoms with E-state index in [4.69, 9.17) is 24.7 Å². The van der Waals surface area contributed by atoms with Crippen LogP contribution in [0.15, 0.2) is 95.2 Å². The van der Waals surface area contributed by atoms with Gasteiger partial charge in [-0.15, -0.1) is 13.2 Å². The minimum Gasteiger partial charge on any atom is -0.493 e. The van der Waals surface area contributed by atoms with Gasteiger partial charge in [-0.25, -0.2) is 0 Å². The Bertz CT molecular complexity index is 2770. The van der Waals surface area contributed by atoms with Crippen molar-refractivity contribution in [2.45, 2.75) is 70.6 Å². The molecule has 0 aliphatic carbocycles. The van der Waals surface area contributed by atoms with Crippen molar-refractivity contribution >= 4 is 64.3 Å². The van der Waals surface area contributed by atoms with E-state index >= 15 is 0 Å². The molecule has 4 N–H and O–H groups in total. The van der Waals surface area contributed by atoms with Crippen LogP contribution in [0.1, 0.15) is 71.9 Å². The number of anilines is 1. The average Bonchev–Trinajstić information content (AvgIpc) is 3.91. The van der Waals surface area contributed by atoms with Crippen LogP contribution in [-0.2, 0) is 9.59 Å². The fourth-order valence-electron chi connectivity index (χ4n) is 8.13. The van der Waals surface area contributed by atoms with Gasteiger partial charge >= 0.3 is 6.36 Å². The van der Waals surface area contributed by atoms with Crippen LogP contribution in [0.3, 0.4) is 0 Å². The highest BCUT2D eigenvalue weighted by molar-refractivity contribution is 6.06. The molecule has 0 aromatic heterocycles. The second-order valence-electron chi connectivity index (χ2n) is 17.1. The maximum atomic E-state index is 14.0. The molecule has 4 aliphatic rings. The Kier molecular flexibility index (Phi) is 13.8. The van der Waals surface area contributed by atoms with Crippen LogP contribution in [0.25, 0.3) is 11.1 Å². The normalized spacial score (nSPS) is 17.9. The van der Waals surface area contributed by atoms with Crippen molar-refractivity contribution in [1.82, 2.24) is 15.1 Å². The lowest BCUT2D eigenvalue weighted by atomic mass is 10.0. The van der Waals surface area contributed by atoms with E-state index in [9.17, 15) is 32.3 Å². The van der Waals surface area contributed by atoms with Crippen molar-refractivity contribution in [1.29, 1.82) is 0 Å². The van der Waals surface area contributed by atoms with Gasteiger partial charge in [0.15, 0.2) is 23.0 Å². The van der Waals surface area contributed by atoms with Crippen LogP contribution < -0.4 is 40.1 Å². The molecule has 0 bridgehead atoms. The SMILES string of the molecule is COc1cc2c(cc1OCCCOc1cc3c(cc1OC)C(=O)N1C=C(c4ccc(OC(F)(F)F)cc4)C[C@H]1C=N3)N=C[C@@H]1CC(c3ccc(NC(=O)[C@H](C)NC(=O)[C@@H](N)C(C)C)cc3)=CN1C2=O. The van der Waals surface area contributed by atoms with Gasteiger partial charge < -0.3 is 49.9 Å². The summed E-state index contributed by atoms with van der Waals surface area (Å²) < 4.78 is 65.4. The number of aliphatic imine (C=N–C) groups is 2. The quantitative estimate of drug-likeness (QED) is 0.0932. The third-order valence-electron chi connectivity index (χ3n) is 12.0. The minimum absolute atomic E-state index is 0.0725. The van der Waals surface area contributed by atoms with E-state index in [1.807, 2.05) is 32.2 Å². The number of alkyl halides is 3. The fraction of sp³-hybridized carbons (Fsp3) is 0.320. The van der Waals surface area contributed by atoms with Gasteiger partial charge in [-0.3, -0.25) is 29.2 Å². The summed E-state index contributed by atoms with van der Waals surface area (Å²) in [5.41, 5.74) is 11.1. The molecule has 4 heterocycles. The van der Waals surface area contributed by atoms with Gasteiger partial charge in [-0.1, -0.05) is 38.1 Å². The molecule has 4 aliphatic heterocycles. The molecule has 0 fully saturated rings. The Labute approximate surface area is 395 Å². The van der Waals surface area contributed by atoms with E-state index in [0.29, 0.717) is 76.0 Å². The fourth-order valence-corrected chi connectivity index (χ4v) is 8.13. The number of ether oxygens (including phenoxy) is 5. The van der Waals surface area contributed by atoms with Crippen LogP contribution in [-0.4, -0.2) is 104 Å². The predicted molar refractivity (Wildman–Crippen MR) is 252 cm³/mol. The Balaban J connectivity index is 0.857. The molecular weight excluding hydrogens is 900 g/mol. The molecule has 0 saturated carbocycles. The van der Waals surface area contributed by atoms with Crippen LogP contribution in [0.2, 0.25) is 0 Å². The summed E-state index contributed by atoms with van der Waals surface area (Å²) >= 11 is 0. The molecule has 0 radical (unpaired) electrons. The molecule has 4 atom stereocenters. The van der Waals surface area contributed by atoms with Gasteiger partial charge in [0, 0.05) is 61.9 Å². The molecule has 16 nitrogen and oxygen atoms in total. The van der Waals surface area contributed by atoms with Crippen molar-refractivity contribution in [3.8, 4) is 28.7 Å². The molecule has 19 heteroatoms. The molecule has 4 amide bonds. The highest BCUT2D eigenvalue weighted by atomic mass is 19.4. The van der Waals surface area contributed by atoms with E-state index in [1.54, 1.807) is 71.8 Å². The number of hydrogen-bond donors (Lipinski definition) is 3. The number of fused-ring (bicyclic) bond motifs is 4. The van der Waals surface area contributed by atoms with E-state index in [2.05, 4.69) is 25.4 Å². The van der Waals surface area contributed by atoms with Crippen molar-refractivity contribution < 1.29 is 56.0 Å². The maximum absolute atomic E-state index is 14.0. The lowest BCUT2D eigenvalue weighted by Crippen LogP contribution is -2.50. The van der Waals surface area contributed by atoms with Crippen molar-refractivity contribution in [3.63, 3.8) is 0 Å². The van der Waals surface area contributed by atoms with E-state index in [1.165, 1.54) is 38.5 Å². The average molecular weight is 950 g/mol. The summed E-state index contributed by atoms with van der Waals surface area (Å²) in [6.07, 6.45) is 3.42. The van der Waals surface area contributed by atoms with Crippen LogP contribution >= 0.6 is 0 Å². The smallest absolute Gasteiger partial charge is 0.493 e. The Morgan fingerprint density at radius 1 is 0.725 bits per heavy atom. The second-order valence-corrected chi connectivity index (χ2v) is 17.1. The van der Waals surface area contributed by atoms with Crippen LogP contribution in [0, 0.1) is 5.92 Å². The summed E-state index contributed by atoms with van der Waals surface area (Å²) in [5, 5.41) is 5.46. The summed E-state index contributed by atoms with van der Waals surface area (Å²) in [6.45, 7) is 5.68. The number of halogens is 3. The topological polar surface area (TPSA) is 196 Å². The molecule has 0 spiro atoms. The number of methoxy groups -OCH3 is 2. The Morgan fingerprint density at radius 3 is 1.65 bits per heavy atom. The number of nitrogens with zero attached hydrogens (tertiary/aromatic N) is 4. The summed E-state index contributed by atoms with van der Waals surface area (Å²) in [6, 6.07) is 16.9. The first-order valence-electron chi connectivity index (χ1n) is 22.2. The number of hydrogen-bond acceptors (Lipinski definition) is 12. The maximum Gasteiger partial charge on any atom is 0.573 e. The van der Waals surface area contributed by atoms with Crippen molar-refractivity contribution in [3.05, 3.63) is 107 Å². The van der Waals surface area contributed by atoms with Gasteiger partial charge in [0.2, 0.25) is 11.8 Å². The third-order valence-corrected chi connectivity index (χ3v) is 12.0. The van der Waals surface area contributed by atoms with Crippen molar-refractivity contribution in [2.24, 2.45) is 21.6 Å². The van der Waals surface area contributed by atoms with Crippen molar-refractivity contribution in [2.75, 3.05) is 32.8 Å². The number of nitrogens with two attached hydrogens (primary N) is 1. The number of amides is 4.